The summed E-state index contributed by atoms with van der Waals surface area (Å²) in [5.74, 6) is 0.498. The molecular weight excluding hydrogens is 689 g/mol. The monoisotopic (exact) mass is 725 g/mol. The average molecular weight is 727 g/mol. The first-order chi connectivity index (χ1) is 23.7. The van der Waals surface area contributed by atoms with Crippen LogP contribution in [0, 0.1) is 11.1 Å². The molecule has 10 nitrogen and oxygen atoms in total. The number of esters is 2. The summed E-state index contributed by atoms with van der Waals surface area (Å²) in [6, 6.07) is 15.8. The Morgan fingerprint density at radius 2 is 1.71 bits per heavy atom. The van der Waals surface area contributed by atoms with Crippen LogP contribution < -0.4 is 19.5 Å². The van der Waals surface area contributed by atoms with Gasteiger partial charge in [-0.2, -0.15) is 4.73 Å². The summed E-state index contributed by atoms with van der Waals surface area (Å²) in [6.07, 6.45) is 3.65. The van der Waals surface area contributed by atoms with E-state index in [0.717, 1.165) is 43.6 Å². The van der Waals surface area contributed by atoms with Crippen molar-refractivity contribution in [1.29, 1.82) is 0 Å². The molecule has 0 amide bonds. The number of nitrogens with zero attached hydrogens (tertiary/aromatic N) is 2. The Morgan fingerprint density at radius 3 is 2.37 bits per heavy atom. The minimum absolute atomic E-state index is 0.0972. The van der Waals surface area contributed by atoms with E-state index >= 15 is 0 Å². The van der Waals surface area contributed by atoms with Crippen LogP contribution in [-0.4, -0.2) is 56.8 Å². The summed E-state index contributed by atoms with van der Waals surface area (Å²) in [5, 5.41) is 17.4. The van der Waals surface area contributed by atoms with E-state index in [0.29, 0.717) is 44.7 Å². The molecule has 4 aromatic rings. The van der Waals surface area contributed by atoms with Crippen molar-refractivity contribution in [1.82, 2.24) is 10.2 Å². The number of piperidine rings is 3. The molecule has 258 valence electrons. The van der Waals surface area contributed by atoms with Crippen LogP contribution in [0.25, 0.3) is 0 Å². The van der Waals surface area contributed by atoms with Gasteiger partial charge in [-0.3, -0.25) is 10.2 Å². The van der Waals surface area contributed by atoms with Crippen molar-refractivity contribution in [2.75, 3.05) is 33.9 Å². The molecule has 1 unspecified atom stereocenters. The number of hydrogen-bond acceptors (Lipinski definition) is 10. The molecule has 3 fully saturated rings. The number of halogens is 2. The predicted octanol–water partition coefficient (Wildman–Crippen LogP) is 6.31. The Balaban J connectivity index is 1.17. The van der Waals surface area contributed by atoms with Crippen molar-refractivity contribution in [2.24, 2.45) is 5.92 Å². The van der Waals surface area contributed by atoms with Crippen molar-refractivity contribution < 1.29 is 33.3 Å². The first-order valence-corrected chi connectivity index (χ1v) is 17.6. The molecule has 3 atom stereocenters. The third kappa shape index (κ3) is 8.30. The third-order valence-corrected chi connectivity index (χ3v) is 10.7. The highest BCUT2D eigenvalue weighted by Gasteiger charge is 2.38. The van der Waals surface area contributed by atoms with Gasteiger partial charge < -0.3 is 24.2 Å². The normalized spacial score (nSPS) is 19.6. The lowest BCUT2D eigenvalue weighted by atomic mass is 9.86. The Morgan fingerprint density at radius 1 is 1.00 bits per heavy atom. The van der Waals surface area contributed by atoms with E-state index in [2.05, 4.69) is 10.2 Å². The molecule has 0 radical (unpaired) electrons. The number of methoxy groups -OCH3 is 2. The Kier molecular flexibility index (Phi) is 11.3. The summed E-state index contributed by atoms with van der Waals surface area (Å²) in [4.78, 5) is 29.9. The Hall–Kier alpha value is -3.87. The van der Waals surface area contributed by atoms with E-state index in [1.807, 2.05) is 35.7 Å². The van der Waals surface area contributed by atoms with Crippen LogP contribution in [0.4, 0.5) is 0 Å². The molecule has 0 saturated carbocycles. The van der Waals surface area contributed by atoms with Gasteiger partial charge in [-0.15, -0.1) is 11.3 Å². The second-order valence-electron chi connectivity index (χ2n) is 12.2. The molecule has 0 spiro atoms. The summed E-state index contributed by atoms with van der Waals surface area (Å²) in [5.41, 5.74) is 2.69. The second kappa shape index (κ2) is 15.8. The number of benzene rings is 2. The topological polar surface area (TPSA) is 113 Å². The van der Waals surface area contributed by atoms with Gasteiger partial charge in [-0.25, -0.2) is 9.59 Å². The van der Waals surface area contributed by atoms with E-state index in [1.54, 1.807) is 24.3 Å². The number of fused-ring (bicyclic) bond motifs is 3. The molecule has 13 heteroatoms. The van der Waals surface area contributed by atoms with Crippen molar-refractivity contribution in [3.8, 4) is 11.5 Å². The number of hydrogen-bond donors (Lipinski definition) is 1. The van der Waals surface area contributed by atoms with Crippen LogP contribution >= 0.6 is 34.5 Å². The SMILES string of the molecule is COc1ccc([C@H](Cc2c(Cl)c[n+]([O-])cc2Cl)OC(=O)c2cc(CNC(C(=O)O[C@H]3CN4CCC3CC4)c3ccccc3)cs2)cc1OC. The highest BCUT2D eigenvalue weighted by atomic mass is 35.5. The fraction of sp³-hybridized carbons (Fsp3) is 0.361. The molecule has 3 aliphatic rings. The van der Waals surface area contributed by atoms with Gasteiger partial charge in [0.05, 0.1) is 14.2 Å². The molecule has 2 aromatic heterocycles. The highest BCUT2D eigenvalue weighted by Crippen LogP contribution is 2.36. The zero-order valence-corrected chi connectivity index (χ0v) is 29.4. The van der Waals surface area contributed by atoms with Gasteiger partial charge in [0.2, 0.25) is 0 Å². The van der Waals surface area contributed by atoms with E-state index in [9.17, 15) is 14.8 Å². The maximum atomic E-state index is 13.6. The number of nitrogens with one attached hydrogen (secondary N) is 1. The highest BCUT2D eigenvalue weighted by molar-refractivity contribution is 7.12. The molecule has 0 aliphatic carbocycles. The van der Waals surface area contributed by atoms with Gasteiger partial charge in [0.1, 0.15) is 33.2 Å². The van der Waals surface area contributed by atoms with Gasteiger partial charge >= 0.3 is 11.9 Å². The quantitative estimate of drug-likeness (QED) is 0.0962. The minimum Gasteiger partial charge on any atom is -0.619 e. The average Bonchev–Trinajstić information content (AvgIpc) is 3.59. The van der Waals surface area contributed by atoms with Crippen LogP contribution in [-0.2, 0) is 27.2 Å². The molecule has 5 heterocycles. The fourth-order valence-electron chi connectivity index (χ4n) is 6.42. The summed E-state index contributed by atoms with van der Waals surface area (Å²) in [7, 11) is 3.05. The Bertz CT molecular complexity index is 1760. The summed E-state index contributed by atoms with van der Waals surface area (Å²) >= 11 is 14.0. The lowest BCUT2D eigenvalue weighted by Gasteiger charge is -2.44. The van der Waals surface area contributed by atoms with Crippen molar-refractivity contribution >= 4 is 46.5 Å². The second-order valence-corrected chi connectivity index (χ2v) is 13.9. The number of carbonyl (C=O) groups excluding carboxylic acids is 2. The zero-order valence-electron chi connectivity index (χ0n) is 27.1. The maximum Gasteiger partial charge on any atom is 0.348 e. The third-order valence-electron chi connectivity index (χ3n) is 9.07. The molecule has 1 N–H and O–H groups in total. The van der Waals surface area contributed by atoms with Crippen molar-refractivity contribution in [3.63, 3.8) is 0 Å². The van der Waals surface area contributed by atoms with Crippen LogP contribution in [0.1, 0.15) is 56.9 Å². The van der Waals surface area contributed by atoms with Crippen LogP contribution in [0.3, 0.4) is 0 Å². The molecule has 49 heavy (non-hydrogen) atoms. The van der Waals surface area contributed by atoms with Crippen LogP contribution in [0.15, 0.2) is 72.4 Å². The first-order valence-electron chi connectivity index (χ1n) is 16.0. The first kappa shape index (κ1) is 35.0. The molecule has 3 aliphatic heterocycles. The van der Waals surface area contributed by atoms with E-state index in [1.165, 1.54) is 38.0 Å². The van der Waals surface area contributed by atoms with E-state index in [-0.39, 0.29) is 28.5 Å². The van der Waals surface area contributed by atoms with Crippen LogP contribution in [0.2, 0.25) is 10.0 Å². The van der Waals surface area contributed by atoms with Gasteiger partial charge in [0.15, 0.2) is 23.9 Å². The number of ether oxygens (including phenoxy) is 4. The number of rotatable bonds is 13. The molecule has 3 saturated heterocycles. The summed E-state index contributed by atoms with van der Waals surface area (Å²) in [6.45, 7) is 3.22. The predicted molar refractivity (Wildman–Crippen MR) is 186 cm³/mol. The van der Waals surface area contributed by atoms with Gasteiger partial charge in [0.25, 0.3) is 0 Å². The van der Waals surface area contributed by atoms with E-state index < -0.39 is 18.1 Å². The number of carbonyl (C=O) groups is 2. The summed E-state index contributed by atoms with van der Waals surface area (Å²) < 4.78 is 23.5. The number of pyridine rings is 1. The lowest BCUT2D eigenvalue weighted by Crippen LogP contribution is -2.52. The zero-order chi connectivity index (χ0) is 34.5. The molecule has 7 rings (SSSR count). The van der Waals surface area contributed by atoms with Gasteiger partial charge in [-0.1, -0.05) is 59.6 Å². The number of aromatic nitrogens is 1. The van der Waals surface area contributed by atoms with Gasteiger partial charge in [-0.05, 0) is 72.1 Å². The smallest absolute Gasteiger partial charge is 0.348 e. The van der Waals surface area contributed by atoms with Crippen molar-refractivity contribution in [3.05, 3.63) is 115 Å². The Labute approximate surface area is 299 Å². The largest absolute Gasteiger partial charge is 0.619 e. The molecular formula is C36H37Cl2N3O7S. The maximum absolute atomic E-state index is 13.6. The van der Waals surface area contributed by atoms with Crippen LogP contribution in [0.5, 0.6) is 11.5 Å². The molecule has 2 aromatic carbocycles. The van der Waals surface area contributed by atoms with Gasteiger partial charge in [0, 0.05) is 25.1 Å². The van der Waals surface area contributed by atoms with Crippen molar-refractivity contribution in [2.45, 2.75) is 44.1 Å². The molecule has 2 bridgehead atoms. The number of thiophene rings is 1. The minimum atomic E-state index is -0.836. The lowest BCUT2D eigenvalue weighted by molar-refractivity contribution is -0.605. The standard InChI is InChI=1S/C36H37Cl2N3O7S/c1-45-29-9-8-25(15-31(29)46-2)30(16-26-27(37)18-41(44)19-28(26)38)47-35(42)33-14-22(21-49-33)17-39-34(24-6-4-3-5-7-24)36(43)48-32-20-40-12-10-23(32)11-13-40/h3-9,14-15,18-19,21,23,30,32,34,39H,10-13,16-17,20H2,1-2H3/t30-,32-,34?/m0/s1. The van der Waals surface area contributed by atoms with E-state index in [4.69, 9.17) is 42.1 Å². The fourth-order valence-corrected chi connectivity index (χ4v) is 7.81.